The zero-order chi connectivity index (χ0) is 13.5. The summed E-state index contributed by atoms with van der Waals surface area (Å²) in [5.41, 5.74) is 0.642. The monoisotopic (exact) mass is 262 g/mol. The summed E-state index contributed by atoms with van der Waals surface area (Å²) in [7, 11) is 0. The van der Waals surface area contributed by atoms with Gasteiger partial charge in [0.15, 0.2) is 0 Å². The molecule has 96 valence electrons. The second-order valence-corrected chi connectivity index (χ2v) is 4.20. The van der Waals surface area contributed by atoms with Crippen molar-refractivity contribution in [3.05, 3.63) is 60.4 Å². The van der Waals surface area contributed by atoms with Gasteiger partial charge in [-0.15, -0.1) is 0 Å². The lowest BCUT2D eigenvalue weighted by Gasteiger charge is -2.06. The highest BCUT2D eigenvalue weighted by molar-refractivity contribution is 5.95. The molecular formula is C15H9F3O. The van der Waals surface area contributed by atoms with Crippen LogP contribution in [-0.2, 0) is 6.18 Å². The lowest BCUT2D eigenvalue weighted by atomic mass is 10.0. The van der Waals surface area contributed by atoms with Gasteiger partial charge in [-0.2, -0.15) is 13.2 Å². The Balaban J connectivity index is 2.26. The van der Waals surface area contributed by atoms with E-state index < -0.39 is 11.7 Å². The van der Waals surface area contributed by atoms with Crippen LogP contribution >= 0.6 is 0 Å². The molecule has 0 aliphatic heterocycles. The number of rotatable bonds is 1. The van der Waals surface area contributed by atoms with Gasteiger partial charge in [-0.1, -0.05) is 42.5 Å². The molecule has 0 bridgehead atoms. The lowest BCUT2D eigenvalue weighted by Crippen LogP contribution is -2.04. The fraction of sp³-hybridized carbons (Fsp3) is 0.0667. The van der Waals surface area contributed by atoms with Crippen LogP contribution in [0.2, 0.25) is 0 Å². The molecule has 0 amide bonds. The van der Waals surface area contributed by atoms with Gasteiger partial charge in [-0.05, 0) is 11.6 Å². The zero-order valence-electron chi connectivity index (χ0n) is 9.74. The quantitative estimate of drug-likeness (QED) is 0.593. The normalized spacial score (nSPS) is 11.9. The summed E-state index contributed by atoms with van der Waals surface area (Å²) in [6, 6.07) is 13.3. The number of hydrogen-bond donors (Lipinski definition) is 0. The minimum Gasteiger partial charge on any atom is -0.463 e. The first kappa shape index (κ1) is 11.8. The van der Waals surface area contributed by atoms with Gasteiger partial charge >= 0.3 is 6.18 Å². The molecule has 1 heterocycles. The van der Waals surface area contributed by atoms with Crippen molar-refractivity contribution in [1.82, 2.24) is 0 Å². The fourth-order valence-corrected chi connectivity index (χ4v) is 2.12. The number of para-hydroxylation sites is 1. The molecule has 3 aromatic rings. The van der Waals surface area contributed by atoms with Crippen LogP contribution < -0.4 is 0 Å². The average molecular weight is 262 g/mol. The Labute approximate surface area is 107 Å². The van der Waals surface area contributed by atoms with Crippen LogP contribution in [-0.4, -0.2) is 0 Å². The average Bonchev–Trinajstić information content (AvgIpc) is 2.82. The fourth-order valence-electron chi connectivity index (χ4n) is 2.12. The van der Waals surface area contributed by atoms with Gasteiger partial charge in [0.25, 0.3) is 0 Å². The Hall–Kier alpha value is -2.23. The molecule has 0 saturated heterocycles. The molecule has 1 nitrogen and oxygen atoms in total. The van der Waals surface area contributed by atoms with Gasteiger partial charge in [0.2, 0.25) is 0 Å². The van der Waals surface area contributed by atoms with Crippen LogP contribution in [0.4, 0.5) is 13.2 Å². The van der Waals surface area contributed by atoms with Crippen LogP contribution in [0.3, 0.4) is 0 Å². The molecule has 0 aliphatic carbocycles. The molecule has 0 unspecified atom stereocenters. The van der Waals surface area contributed by atoms with E-state index >= 15 is 0 Å². The maximum atomic E-state index is 12.9. The van der Waals surface area contributed by atoms with Crippen LogP contribution in [0.1, 0.15) is 5.56 Å². The zero-order valence-corrected chi connectivity index (χ0v) is 9.74. The number of alkyl halides is 3. The van der Waals surface area contributed by atoms with Gasteiger partial charge in [0.05, 0.1) is 11.8 Å². The van der Waals surface area contributed by atoms with Crippen molar-refractivity contribution in [2.24, 2.45) is 0 Å². The second kappa shape index (κ2) is 4.16. The Morgan fingerprint density at radius 3 is 2.26 bits per heavy atom. The van der Waals surface area contributed by atoms with Crippen molar-refractivity contribution < 1.29 is 17.6 Å². The molecule has 0 saturated carbocycles. The van der Waals surface area contributed by atoms with E-state index in [2.05, 4.69) is 0 Å². The van der Waals surface area contributed by atoms with E-state index in [-0.39, 0.29) is 5.58 Å². The van der Waals surface area contributed by atoms with E-state index in [4.69, 9.17) is 4.42 Å². The molecule has 3 rings (SSSR count). The van der Waals surface area contributed by atoms with E-state index in [0.29, 0.717) is 10.9 Å². The molecule has 0 aliphatic rings. The summed E-state index contributed by atoms with van der Waals surface area (Å²) < 4.78 is 43.7. The first-order valence-corrected chi connectivity index (χ1v) is 5.70. The first-order valence-electron chi connectivity index (χ1n) is 5.70. The first-order chi connectivity index (χ1) is 9.07. The summed E-state index contributed by atoms with van der Waals surface area (Å²) in [5.74, 6) is 0. The SMILES string of the molecule is FC(F)(F)c1cccc2c(-c3ccccc3)coc12. The molecular weight excluding hydrogens is 253 g/mol. The largest absolute Gasteiger partial charge is 0.463 e. The van der Waals surface area contributed by atoms with Gasteiger partial charge in [0.1, 0.15) is 5.58 Å². The Bertz CT molecular complexity index is 711. The number of fused-ring (bicyclic) bond motifs is 1. The van der Waals surface area contributed by atoms with Gasteiger partial charge in [-0.3, -0.25) is 0 Å². The number of benzene rings is 2. The third-order valence-corrected chi connectivity index (χ3v) is 2.99. The molecule has 0 atom stereocenters. The van der Waals surface area contributed by atoms with Crippen molar-refractivity contribution in [2.75, 3.05) is 0 Å². The van der Waals surface area contributed by atoms with Crippen molar-refractivity contribution in [1.29, 1.82) is 0 Å². The predicted octanol–water partition coefficient (Wildman–Crippen LogP) is 5.12. The van der Waals surface area contributed by atoms with E-state index in [9.17, 15) is 13.2 Å². The van der Waals surface area contributed by atoms with Crippen LogP contribution in [0, 0.1) is 0 Å². The van der Waals surface area contributed by atoms with Crippen LogP contribution in [0.15, 0.2) is 59.2 Å². The number of hydrogen-bond acceptors (Lipinski definition) is 1. The Morgan fingerprint density at radius 2 is 1.58 bits per heavy atom. The van der Waals surface area contributed by atoms with Crippen molar-refractivity contribution in [2.45, 2.75) is 6.18 Å². The van der Waals surface area contributed by atoms with E-state index in [1.54, 1.807) is 6.07 Å². The number of furan rings is 1. The minimum absolute atomic E-state index is 0.117. The minimum atomic E-state index is -4.41. The van der Waals surface area contributed by atoms with E-state index in [1.807, 2.05) is 30.3 Å². The Kier molecular flexibility index (Phi) is 2.59. The van der Waals surface area contributed by atoms with Gasteiger partial charge < -0.3 is 4.42 Å². The highest BCUT2D eigenvalue weighted by Gasteiger charge is 2.34. The molecule has 1 aromatic heterocycles. The molecule has 0 fully saturated rings. The highest BCUT2D eigenvalue weighted by Crippen LogP contribution is 2.39. The van der Waals surface area contributed by atoms with E-state index in [0.717, 1.165) is 11.6 Å². The third kappa shape index (κ3) is 1.99. The molecule has 19 heavy (non-hydrogen) atoms. The molecule has 0 radical (unpaired) electrons. The highest BCUT2D eigenvalue weighted by atomic mass is 19.4. The summed E-state index contributed by atoms with van der Waals surface area (Å²) in [4.78, 5) is 0. The summed E-state index contributed by atoms with van der Waals surface area (Å²) in [6.07, 6.45) is -3.04. The lowest BCUT2D eigenvalue weighted by molar-refractivity contribution is -0.136. The standard InChI is InChI=1S/C15H9F3O/c16-15(17,18)13-8-4-7-11-12(9-19-14(11)13)10-5-2-1-3-6-10/h1-9H. The van der Waals surface area contributed by atoms with Crippen LogP contribution in [0.5, 0.6) is 0 Å². The second-order valence-electron chi connectivity index (χ2n) is 4.20. The summed E-state index contributed by atoms with van der Waals surface area (Å²) >= 11 is 0. The topological polar surface area (TPSA) is 13.1 Å². The van der Waals surface area contributed by atoms with E-state index in [1.165, 1.54) is 12.3 Å². The molecule has 2 aromatic carbocycles. The van der Waals surface area contributed by atoms with Crippen molar-refractivity contribution >= 4 is 11.0 Å². The van der Waals surface area contributed by atoms with Gasteiger partial charge in [0, 0.05) is 10.9 Å². The summed E-state index contributed by atoms with van der Waals surface area (Å²) in [6.45, 7) is 0. The number of halogens is 3. The van der Waals surface area contributed by atoms with Gasteiger partial charge in [-0.25, -0.2) is 0 Å². The molecule has 4 heteroatoms. The molecule has 0 spiro atoms. The smallest absolute Gasteiger partial charge is 0.420 e. The van der Waals surface area contributed by atoms with Crippen LogP contribution in [0.25, 0.3) is 22.1 Å². The third-order valence-electron chi connectivity index (χ3n) is 2.99. The maximum Gasteiger partial charge on any atom is 0.420 e. The predicted molar refractivity (Wildman–Crippen MR) is 66.7 cm³/mol. The maximum absolute atomic E-state index is 12.9. The Morgan fingerprint density at radius 1 is 0.842 bits per heavy atom. The van der Waals surface area contributed by atoms with Crippen molar-refractivity contribution in [3.63, 3.8) is 0 Å². The summed E-state index contributed by atoms with van der Waals surface area (Å²) in [5, 5.41) is 0.473. The van der Waals surface area contributed by atoms with Crippen molar-refractivity contribution in [3.8, 4) is 11.1 Å². The molecule has 0 N–H and O–H groups in total.